The highest BCUT2D eigenvalue weighted by Crippen LogP contribution is 2.58. The lowest BCUT2D eigenvalue weighted by atomic mass is 9.77. The average Bonchev–Trinajstić information content (AvgIpc) is 3.66. The summed E-state index contributed by atoms with van der Waals surface area (Å²) in [4.78, 5) is 2.54. The summed E-state index contributed by atoms with van der Waals surface area (Å²) in [6, 6.07) is 74.3. The number of hydrogen-bond acceptors (Lipinski definition) is 1. The normalized spacial score (nSPS) is 14.0. The highest BCUT2D eigenvalue weighted by atomic mass is 15.1. The van der Waals surface area contributed by atoms with Gasteiger partial charge in [0.15, 0.2) is 0 Å². The van der Waals surface area contributed by atoms with Crippen molar-refractivity contribution in [3.05, 3.63) is 222 Å². The van der Waals surface area contributed by atoms with E-state index in [0.29, 0.717) is 0 Å². The molecule has 0 N–H and O–H groups in total. The van der Waals surface area contributed by atoms with Crippen molar-refractivity contribution >= 4 is 27.8 Å². The largest absolute Gasteiger partial charge is 0.309 e. The molecule has 0 bridgehead atoms. The van der Waals surface area contributed by atoms with E-state index in [4.69, 9.17) is 0 Å². The predicted molar refractivity (Wildman–Crippen MR) is 250 cm³/mol. The zero-order valence-corrected chi connectivity index (χ0v) is 34.0. The van der Waals surface area contributed by atoms with Crippen LogP contribution in [0.25, 0.3) is 66.4 Å². The van der Waals surface area contributed by atoms with Gasteiger partial charge in [-0.25, -0.2) is 0 Å². The Kier molecular flexibility index (Phi) is 7.94. The molecule has 2 aliphatic rings. The van der Waals surface area contributed by atoms with Gasteiger partial charge in [-0.05, 0) is 114 Å². The van der Waals surface area contributed by atoms with E-state index >= 15 is 0 Å². The summed E-state index contributed by atoms with van der Waals surface area (Å²) in [5.41, 5.74) is 21.2. The van der Waals surface area contributed by atoms with Crippen LogP contribution in [0.3, 0.4) is 0 Å². The molecule has 1 nitrogen and oxygen atoms in total. The predicted octanol–water partition coefficient (Wildman–Crippen LogP) is 15.9. The molecule has 9 aromatic carbocycles. The Bertz CT molecular complexity index is 3080. The van der Waals surface area contributed by atoms with Crippen LogP contribution in [0.4, 0.5) is 17.1 Å². The number of benzene rings is 9. The standard InChI is InChI=1S/C58H45N/c1-57(2)49-28-14-13-24-47(49)55-50(57)29-17-31-53(55)59(43-34-32-39(33-35-43)38-18-7-5-8-19-38)52-30-16-25-44(54(52)40-20-9-6-10-21-40)45-26-15-27-46-48-36-41-22-11-12-23-42(41)37-51(48)58(3,4)56(45)46/h5-37H,1-4H3. The van der Waals surface area contributed by atoms with Gasteiger partial charge in [-0.3, -0.25) is 0 Å². The summed E-state index contributed by atoms with van der Waals surface area (Å²) in [6.45, 7) is 9.56. The maximum absolute atomic E-state index is 2.54. The van der Waals surface area contributed by atoms with E-state index in [1.165, 1.54) is 94.3 Å². The van der Waals surface area contributed by atoms with Crippen molar-refractivity contribution in [2.45, 2.75) is 38.5 Å². The number of nitrogens with zero attached hydrogens (tertiary/aromatic N) is 1. The fourth-order valence-electron chi connectivity index (χ4n) is 10.4. The summed E-state index contributed by atoms with van der Waals surface area (Å²) in [5.74, 6) is 0. The molecule has 59 heavy (non-hydrogen) atoms. The first-order valence-corrected chi connectivity index (χ1v) is 20.9. The number of fused-ring (bicyclic) bond motifs is 7. The van der Waals surface area contributed by atoms with E-state index in [9.17, 15) is 0 Å². The summed E-state index contributed by atoms with van der Waals surface area (Å²) in [7, 11) is 0. The molecular formula is C58H45N. The van der Waals surface area contributed by atoms with Crippen LogP contribution < -0.4 is 4.90 Å². The van der Waals surface area contributed by atoms with Crippen molar-refractivity contribution in [1.29, 1.82) is 0 Å². The molecule has 0 aliphatic heterocycles. The molecular weight excluding hydrogens is 711 g/mol. The lowest BCUT2D eigenvalue weighted by Gasteiger charge is -2.32. The topological polar surface area (TPSA) is 3.24 Å². The third kappa shape index (κ3) is 5.38. The van der Waals surface area contributed by atoms with Crippen LogP contribution in [0, 0.1) is 0 Å². The highest BCUT2D eigenvalue weighted by molar-refractivity contribution is 6.03. The summed E-state index contributed by atoms with van der Waals surface area (Å²) in [5, 5.41) is 2.57. The molecule has 1 heteroatoms. The van der Waals surface area contributed by atoms with Crippen LogP contribution in [-0.4, -0.2) is 0 Å². The van der Waals surface area contributed by atoms with E-state index < -0.39 is 0 Å². The minimum atomic E-state index is -0.211. The lowest BCUT2D eigenvalue weighted by Crippen LogP contribution is -2.17. The fraction of sp³-hybridized carbons (Fsp3) is 0.103. The maximum Gasteiger partial charge on any atom is 0.0546 e. The monoisotopic (exact) mass is 755 g/mol. The third-order valence-electron chi connectivity index (χ3n) is 13.2. The summed E-state index contributed by atoms with van der Waals surface area (Å²) >= 11 is 0. The molecule has 0 unspecified atom stereocenters. The molecule has 0 saturated carbocycles. The summed E-state index contributed by atoms with van der Waals surface area (Å²) < 4.78 is 0. The molecule has 2 aliphatic carbocycles. The lowest BCUT2D eigenvalue weighted by molar-refractivity contribution is 0.660. The van der Waals surface area contributed by atoms with Gasteiger partial charge in [-0.2, -0.15) is 0 Å². The Balaban J connectivity index is 1.19. The van der Waals surface area contributed by atoms with Crippen LogP contribution in [-0.2, 0) is 10.8 Å². The smallest absolute Gasteiger partial charge is 0.0546 e. The van der Waals surface area contributed by atoms with Crippen LogP contribution in [0.1, 0.15) is 49.9 Å². The van der Waals surface area contributed by atoms with Crippen molar-refractivity contribution in [2.75, 3.05) is 4.90 Å². The van der Waals surface area contributed by atoms with Crippen LogP contribution >= 0.6 is 0 Å². The van der Waals surface area contributed by atoms with Gasteiger partial charge in [0.25, 0.3) is 0 Å². The quantitative estimate of drug-likeness (QED) is 0.163. The van der Waals surface area contributed by atoms with Crippen LogP contribution in [0.5, 0.6) is 0 Å². The van der Waals surface area contributed by atoms with Gasteiger partial charge in [-0.1, -0.05) is 191 Å². The molecule has 0 atom stereocenters. The maximum atomic E-state index is 2.54. The Morgan fingerprint density at radius 1 is 0.322 bits per heavy atom. The first-order chi connectivity index (χ1) is 28.8. The molecule has 0 heterocycles. The second-order valence-electron chi connectivity index (χ2n) is 17.3. The first-order valence-electron chi connectivity index (χ1n) is 20.9. The molecule has 0 saturated heterocycles. The zero-order valence-electron chi connectivity index (χ0n) is 34.0. The molecule has 11 rings (SSSR count). The number of hydrogen-bond donors (Lipinski definition) is 0. The van der Waals surface area contributed by atoms with Gasteiger partial charge >= 0.3 is 0 Å². The second kappa shape index (κ2) is 13.3. The fourth-order valence-corrected chi connectivity index (χ4v) is 10.4. The van der Waals surface area contributed by atoms with Gasteiger partial charge < -0.3 is 4.90 Å². The van der Waals surface area contributed by atoms with Gasteiger partial charge in [-0.15, -0.1) is 0 Å². The third-order valence-corrected chi connectivity index (χ3v) is 13.2. The molecule has 0 aromatic heterocycles. The molecule has 0 fully saturated rings. The molecule has 0 radical (unpaired) electrons. The molecule has 9 aromatic rings. The van der Waals surface area contributed by atoms with Gasteiger partial charge in [0.05, 0.1) is 11.4 Å². The molecule has 0 amide bonds. The Morgan fingerprint density at radius 3 is 1.56 bits per heavy atom. The summed E-state index contributed by atoms with van der Waals surface area (Å²) in [6.07, 6.45) is 0. The van der Waals surface area contributed by atoms with Crippen molar-refractivity contribution in [1.82, 2.24) is 0 Å². The van der Waals surface area contributed by atoms with E-state index in [2.05, 4.69) is 233 Å². The Morgan fingerprint density at radius 2 is 0.831 bits per heavy atom. The zero-order chi connectivity index (χ0) is 39.9. The minimum absolute atomic E-state index is 0.134. The number of rotatable bonds is 6. The van der Waals surface area contributed by atoms with Crippen molar-refractivity contribution in [3.8, 4) is 55.6 Å². The SMILES string of the molecule is CC1(C)c2ccccc2-c2c(N(c3ccc(-c4ccccc4)cc3)c3cccc(-c4cccc5c4C(C)(C)c4cc6ccccc6cc4-5)c3-c3ccccc3)cccc21. The minimum Gasteiger partial charge on any atom is -0.309 e. The Hall–Kier alpha value is -6.96. The van der Waals surface area contributed by atoms with Gasteiger partial charge in [0.2, 0.25) is 0 Å². The van der Waals surface area contributed by atoms with E-state index in [1.807, 2.05) is 0 Å². The van der Waals surface area contributed by atoms with E-state index in [0.717, 1.165) is 11.4 Å². The average molecular weight is 756 g/mol. The van der Waals surface area contributed by atoms with Crippen LogP contribution in [0.15, 0.2) is 200 Å². The number of anilines is 3. The van der Waals surface area contributed by atoms with E-state index in [-0.39, 0.29) is 10.8 Å². The van der Waals surface area contributed by atoms with Crippen molar-refractivity contribution in [3.63, 3.8) is 0 Å². The Labute approximate surface area is 347 Å². The molecule has 282 valence electrons. The van der Waals surface area contributed by atoms with Crippen molar-refractivity contribution in [2.24, 2.45) is 0 Å². The highest BCUT2D eigenvalue weighted by Gasteiger charge is 2.40. The first kappa shape index (κ1) is 35.2. The van der Waals surface area contributed by atoms with Crippen molar-refractivity contribution < 1.29 is 0 Å². The van der Waals surface area contributed by atoms with Gasteiger partial charge in [0, 0.05) is 27.6 Å². The second-order valence-corrected chi connectivity index (χ2v) is 17.3. The van der Waals surface area contributed by atoms with E-state index in [1.54, 1.807) is 0 Å². The van der Waals surface area contributed by atoms with Crippen LogP contribution in [0.2, 0.25) is 0 Å². The molecule has 0 spiro atoms. The van der Waals surface area contributed by atoms with Gasteiger partial charge in [0.1, 0.15) is 0 Å².